The van der Waals surface area contributed by atoms with E-state index in [2.05, 4.69) is 10.6 Å². The molecule has 0 aromatic heterocycles. The van der Waals surface area contributed by atoms with Gasteiger partial charge < -0.3 is 24.8 Å². The van der Waals surface area contributed by atoms with Gasteiger partial charge in [-0.1, -0.05) is 12.1 Å². The summed E-state index contributed by atoms with van der Waals surface area (Å²) in [6.45, 7) is 1.89. The highest BCUT2D eigenvalue weighted by atomic mass is 16.7. The van der Waals surface area contributed by atoms with Crippen LogP contribution in [0.4, 0.5) is 0 Å². The molecule has 122 valence electrons. The van der Waals surface area contributed by atoms with E-state index < -0.39 is 18.1 Å². The van der Waals surface area contributed by atoms with Crippen LogP contribution in [0, 0.1) is 0 Å². The van der Waals surface area contributed by atoms with Crippen molar-refractivity contribution in [3.05, 3.63) is 29.8 Å². The van der Waals surface area contributed by atoms with Crippen LogP contribution < -0.4 is 15.4 Å². The summed E-state index contributed by atoms with van der Waals surface area (Å²) in [4.78, 5) is 23.5. The van der Waals surface area contributed by atoms with Gasteiger partial charge in [0.1, 0.15) is 5.75 Å². The minimum atomic E-state index is -0.737. The number of amides is 2. The second-order valence-electron chi connectivity index (χ2n) is 4.58. The Morgan fingerprint density at radius 1 is 1.05 bits per heavy atom. The molecule has 0 aliphatic carbocycles. The topological polar surface area (TPSA) is 85.9 Å². The molecule has 0 saturated heterocycles. The Morgan fingerprint density at radius 3 is 2.14 bits per heavy atom. The standard InChI is InChI=1S/C15H22N2O5/c1-10(11-5-7-12(20-2)8-6-11)17-15(19)14(18)16-9-13(21-3)22-4/h5-8,10,13H,9H2,1-4H3,(H,16,18)(H,17,19). The van der Waals surface area contributed by atoms with Gasteiger partial charge in [-0.05, 0) is 24.6 Å². The van der Waals surface area contributed by atoms with Crippen LogP contribution >= 0.6 is 0 Å². The Labute approximate surface area is 129 Å². The van der Waals surface area contributed by atoms with E-state index in [1.54, 1.807) is 26.2 Å². The third-order valence-electron chi connectivity index (χ3n) is 3.12. The molecule has 0 bridgehead atoms. The van der Waals surface area contributed by atoms with Gasteiger partial charge in [-0.15, -0.1) is 0 Å². The first-order valence-corrected chi connectivity index (χ1v) is 6.80. The van der Waals surface area contributed by atoms with Gasteiger partial charge in [0, 0.05) is 14.2 Å². The third-order valence-corrected chi connectivity index (χ3v) is 3.12. The average Bonchev–Trinajstić information content (AvgIpc) is 2.55. The highest BCUT2D eigenvalue weighted by molar-refractivity contribution is 6.35. The van der Waals surface area contributed by atoms with Crippen LogP contribution in [0.2, 0.25) is 0 Å². The predicted molar refractivity (Wildman–Crippen MR) is 80.4 cm³/mol. The maximum atomic E-state index is 11.8. The van der Waals surface area contributed by atoms with Crippen LogP contribution in [-0.2, 0) is 19.1 Å². The second kappa shape index (κ2) is 9.01. The van der Waals surface area contributed by atoms with Gasteiger partial charge in [-0.25, -0.2) is 0 Å². The lowest BCUT2D eigenvalue weighted by molar-refractivity contribution is -0.142. The van der Waals surface area contributed by atoms with E-state index in [1.807, 2.05) is 12.1 Å². The van der Waals surface area contributed by atoms with Gasteiger partial charge >= 0.3 is 11.8 Å². The van der Waals surface area contributed by atoms with Crippen molar-refractivity contribution in [2.45, 2.75) is 19.3 Å². The predicted octanol–water partition coefficient (Wildman–Crippen LogP) is 0.608. The van der Waals surface area contributed by atoms with Crippen molar-refractivity contribution in [3.63, 3.8) is 0 Å². The van der Waals surface area contributed by atoms with Crippen molar-refractivity contribution in [1.82, 2.24) is 10.6 Å². The van der Waals surface area contributed by atoms with Gasteiger partial charge in [0.15, 0.2) is 6.29 Å². The Balaban J connectivity index is 2.50. The molecule has 1 rings (SSSR count). The molecule has 7 nitrogen and oxygen atoms in total. The molecule has 2 amide bonds. The van der Waals surface area contributed by atoms with Crippen LogP contribution in [0.1, 0.15) is 18.5 Å². The lowest BCUT2D eigenvalue weighted by Gasteiger charge is -2.16. The van der Waals surface area contributed by atoms with E-state index in [0.29, 0.717) is 0 Å². The quantitative estimate of drug-likeness (QED) is 0.569. The fourth-order valence-corrected chi connectivity index (χ4v) is 1.76. The lowest BCUT2D eigenvalue weighted by Crippen LogP contribution is -2.44. The van der Waals surface area contributed by atoms with Gasteiger partial charge in [0.05, 0.1) is 19.7 Å². The molecular weight excluding hydrogens is 288 g/mol. The number of carbonyl (C=O) groups excluding carboxylic acids is 2. The zero-order valence-electron chi connectivity index (χ0n) is 13.2. The van der Waals surface area contributed by atoms with E-state index in [1.165, 1.54) is 14.2 Å². The SMILES string of the molecule is COc1ccc(C(C)NC(=O)C(=O)NCC(OC)OC)cc1. The third kappa shape index (κ3) is 5.34. The minimum absolute atomic E-state index is 0.0934. The van der Waals surface area contributed by atoms with Crippen molar-refractivity contribution < 1.29 is 23.8 Å². The first kappa shape index (κ1) is 17.9. The fourth-order valence-electron chi connectivity index (χ4n) is 1.76. The molecule has 0 saturated carbocycles. The molecular formula is C15H22N2O5. The fraction of sp³-hybridized carbons (Fsp3) is 0.467. The van der Waals surface area contributed by atoms with E-state index in [-0.39, 0.29) is 12.6 Å². The molecule has 1 unspecified atom stereocenters. The summed E-state index contributed by atoms with van der Waals surface area (Å²) in [5, 5.41) is 5.06. The Kier molecular flexibility index (Phi) is 7.34. The summed E-state index contributed by atoms with van der Waals surface area (Å²) in [6, 6.07) is 6.94. The summed E-state index contributed by atoms with van der Waals surface area (Å²) in [5.41, 5.74) is 0.869. The molecule has 0 aliphatic heterocycles. The normalized spacial score (nSPS) is 11.9. The van der Waals surface area contributed by atoms with Gasteiger partial charge in [0.25, 0.3) is 0 Å². The van der Waals surface area contributed by atoms with Gasteiger partial charge in [0.2, 0.25) is 0 Å². The number of benzene rings is 1. The van der Waals surface area contributed by atoms with E-state index >= 15 is 0 Å². The van der Waals surface area contributed by atoms with E-state index in [0.717, 1.165) is 11.3 Å². The maximum Gasteiger partial charge on any atom is 0.309 e. The van der Waals surface area contributed by atoms with Gasteiger partial charge in [-0.3, -0.25) is 9.59 Å². The number of hydrogen-bond acceptors (Lipinski definition) is 5. The zero-order valence-corrected chi connectivity index (χ0v) is 13.2. The van der Waals surface area contributed by atoms with E-state index in [4.69, 9.17) is 14.2 Å². The molecule has 1 aromatic rings. The number of rotatable bonds is 7. The molecule has 1 atom stereocenters. The summed E-state index contributed by atoms with van der Waals surface area (Å²) in [7, 11) is 4.48. The van der Waals surface area contributed by atoms with Crippen molar-refractivity contribution in [2.75, 3.05) is 27.9 Å². The van der Waals surface area contributed by atoms with Crippen LogP contribution in [0.3, 0.4) is 0 Å². The van der Waals surface area contributed by atoms with Crippen LogP contribution in [0.5, 0.6) is 5.75 Å². The second-order valence-corrected chi connectivity index (χ2v) is 4.58. The smallest absolute Gasteiger partial charge is 0.309 e. The van der Waals surface area contributed by atoms with Crippen LogP contribution in [-0.4, -0.2) is 46.0 Å². The summed E-state index contributed by atoms with van der Waals surface area (Å²) in [6.07, 6.45) is -0.587. The first-order chi connectivity index (χ1) is 10.5. The lowest BCUT2D eigenvalue weighted by atomic mass is 10.1. The largest absolute Gasteiger partial charge is 0.497 e. The van der Waals surface area contributed by atoms with Crippen molar-refractivity contribution in [2.24, 2.45) is 0 Å². The molecule has 0 radical (unpaired) electrons. The van der Waals surface area contributed by atoms with Crippen molar-refractivity contribution >= 4 is 11.8 Å². The summed E-state index contributed by atoms with van der Waals surface area (Å²) >= 11 is 0. The van der Waals surface area contributed by atoms with Gasteiger partial charge in [-0.2, -0.15) is 0 Å². The molecule has 2 N–H and O–H groups in total. The Morgan fingerprint density at radius 2 is 1.64 bits per heavy atom. The molecule has 1 aromatic carbocycles. The van der Waals surface area contributed by atoms with Crippen LogP contribution in [0.15, 0.2) is 24.3 Å². The number of carbonyl (C=O) groups is 2. The average molecular weight is 310 g/mol. The number of methoxy groups -OCH3 is 3. The molecule has 22 heavy (non-hydrogen) atoms. The Hall–Kier alpha value is -2.12. The molecule has 0 aliphatic rings. The first-order valence-electron chi connectivity index (χ1n) is 6.80. The maximum absolute atomic E-state index is 11.8. The molecule has 0 spiro atoms. The highest BCUT2D eigenvalue weighted by Crippen LogP contribution is 2.16. The molecule has 0 fully saturated rings. The summed E-state index contributed by atoms with van der Waals surface area (Å²) < 4.78 is 14.9. The number of nitrogens with one attached hydrogen (secondary N) is 2. The van der Waals surface area contributed by atoms with Crippen molar-refractivity contribution in [3.8, 4) is 5.75 Å². The highest BCUT2D eigenvalue weighted by Gasteiger charge is 2.18. The number of ether oxygens (including phenoxy) is 3. The summed E-state index contributed by atoms with van der Waals surface area (Å²) in [5.74, 6) is -0.723. The zero-order chi connectivity index (χ0) is 16.5. The molecule has 0 heterocycles. The molecule has 7 heteroatoms. The van der Waals surface area contributed by atoms with Crippen LogP contribution in [0.25, 0.3) is 0 Å². The van der Waals surface area contributed by atoms with Crippen molar-refractivity contribution in [1.29, 1.82) is 0 Å². The monoisotopic (exact) mass is 310 g/mol. The number of hydrogen-bond donors (Lipinski definition) is 2. The minimum Gasteiger partial charge on any atom is -0.497 e. The van der Waals surface area contributed by atoms with E-state index in [9.17, 15) is 9.59 Å². The Bertz CT molecular complexity index is 485.